The number of nitrogens with one attached hydrogen (secondary N) is 2. The summed E-state index contributed by atoms with van der Waals surface area (Å²) >= 11 is 0. The molecule has 2 aromatic rings. The molecule has 3 rings (SSSR count). The van der Waals surface area contributed by atoms with E-state index in [1.807, 2.05) is 12.1 Å². The number of ether oxygens (including phenoxy) is 1. The molecule has 5 nitrogen and oxygen atoms in total. The Morgan fingerprint density at radius 2 is 1.68 bits per heavy atom. The minimum absolute atomic E-state index is 0.0372. The van der Waals surface area contributed by atoms with Gasteiger partial charge in [0.15, 0.2) is 5.78 Å². The lowest BCUT2D eigenvalue weighted by molar-refractivity contribution is 0.0897. The maximum absolute atomic E-state index is 12.5. The van der Waals surface area contributed by atoms with E-state index in [2.05, 4.69) is 10.6 Å². The Morgan fingerprint density at radius 1 is 1.00 bits per heavy atom. The first-order valence-electron chi connectivity index (χ1n) is 8.57. The third-order valence-corrected chi connectivity index (χ3v) is 4.22. The fraction of sp³-hybridized carbons (Fsp3) is 0.300. The van der Waals surface area contributed by atoms with Crippen molar-refractivity contribution >= 4 is 11.7 Å². The minimum atomic E-state index is -0.297. The summed E-state index contributed by atoms with van der Waals surface area (Å²) in [6.07, 6.45) is 1.95. The van der Waals surface area contributed by atoms with Crippen molar-refractivity contribution in [2.75, 3.05) is 19.6 Å². The molecule has 130 valence electrons. The van der Waals surface area contributed by atoms with Crippen molar-refractivity contribution in [1.29, 1.82) is 0 Å². The third-order valence-electron chi connectivity index (χ3n) is 4.22. The monoisotopic (exact) mass is 338 g/mol. The zero-order chi connectivity index (χ0) is 17.5. The molecule has 25 heavy (non-hydrogen) atoms. The summed E-state index contributed by atoms with van der Waals surface area (Å²) < 4.78 is 6.01. The Hall–Kier alpha value is -2.66. The number of piperidine rings is 1. The van der Waals surface area contributed by atoms with E-state index in [1.54, 1.807) is 42.5 Å². The van der Waals surface area contributed by atoms with E-state index >= 15 is 0 Å². The van der Waals surface area contributed by atoms with Gasteiger partial charge in [0.25, 0.3) is 5.91 Å². The third kappa shape index (κ3) is 4.67. The Balaban J connectivity index is 1.62. The Kier molecular flexibility index (Phi) is 5.80. The maximum Gasteiger partial charge on any atom is 0.255 e. The second-order valence-electron chi connectivity index (χ2n) is 6.04. The highest BCUT2D eigenvalue weighted by Crippen LogP contribution is 2.21. The first kappa shape index (κ1) is 17.2. The van der Waals surface area contributed by atoms with Crippen LogP contribution in [0.4, 0.5) is 0 Å². The zero-order valence-corrected chi connectivity index (χ0v) is 14.0. The summed E-state index contributed by atoms with van der Waals surface area (Å²) in [6.45, 7) is 1.81. The van der Waals surface area contributed by atoms with Crippen LogP contribution >= 0.6 is 0 Å². The van der Waals surface area contributed by atoms with Gasteiger partial charge < -0.3 is 15.4 Å². The summed E-state index contributed by atoms with van der Waals surface area (Å²) in [5, 5.41) is 5.98. The van der Waals surface area contributed by atoms with E-state index in [-0.39, 0.29) is 24.3 Å². The van der Waals surface area contributed by atoms with Crippen molar-refractivity contribution in [3.63, 3.8) is 0 Å². The van der Waals surface area contributed by atoms with Crippen LogP contribution in [0.2, 0.25) is 0 Å². The number of rotatable bonds is 6. The summed E-state index contributed by atoms with van der Waals surface area (Å²) in [5.41, 5.74) is 1.05. The van der Waals surface area contributed by atoms with Gasteiger partial charge in [0, 0.05) is 5.56 Å². The largest absolute Gasteiger partial charge is 0.489 e. The standard InChI is InChI=1S/C20H22N2O3/c23-18(15-6-2-1-3-7-15)14-22-20(24)17-8-4-5-9-19(17)25-16-10-12-21-13-11-16/h1-9,16,21H,10-14H2,(H,22,24). The van der Waals surface area contributed by atoms with Crippen LogP contribution < -0.4 is 15.4 Å². The van der Waals surface area contributed by atoms with Crippen molar-refractivity contribution in [1.82, 2.24) is 10.6 Å². The number of amides is 1. The van der Waals surface area contributed by atoms with Gasteiger partial charge >= 0.3 is 0 Å². The van der Waals surface area contributed by atoms with E-state index in [1.165, 1.54) is 0 Å². The zero-order valence-electron chi connectivity index (χ0n) is 14.0. The summed E-state index contributed by atoms with van der Waals surface area (Å²) in [6, 6.07) is 16.1. The molecule has 2 aromatic carbocycles. The molecule has 1 aliphatic heterocycles. The number of hydrogen-bond donors (Lipinski definition) is 2. The average molecular weight is 338 g/mol. The molecule has 0 spiro atoms. The molecule has 0 radical (unpaired) electrons. The molecule has 0 aliphatic carbocycles. The molecule has 5 heteroatoms. The first-order chi connectivity index (χ1) is 12.2. The van der Waals surface area contributed by atoms with Gasteiger partial charge in [0.1, 0.15) is 11.9 Å². The highest BCUT2D eigenvalue weighted by molar-refractivity contribution is 6.03. The number of carbonyl (C=O) groups excluding carboxylic acids is 2. The summed E-state index contributed by atoms with van der Waals surface area (Å²) in [7, 11) is 0. The van der Waals surface area contributed by atoms with Gasteiger partial charge in [-0.1, -0.05) is 42.5 Å². The molecule has 0 atom stereocenters. The van der Waals surface area contributed by atoms with Crippen molar-refractivity contribution in [3.05, 3.63) is 65.7 Å². The fourth-order valence-electron chi connectivity index (χ4n) is 2.83. The van der Waals surface area contributed by atoms with Crippen LogP contribution in [0.1, 0.15) is 33.6 Å². The molecule has 1 fully saturated rings. The van der Waals surface area contributed by atoms with Gasteiger partial charge in [-0.15, -0.1) is 0 Å². The van der Waals surface area contributed by atoms with E-state index in [0.717, 1.165) is 25.9 Å². The van der Waals surface area contributed by atoms with E-state index in [0.29, 0.717) is 16.9 Å². The molecular formula is C20H22N2O3. The molecule has 1 aliphatic rings. The first-order valence-corrected chi connectivity index (χ1v) is 8.57. The number of hydrogen-bond acceptors (Lipinski definition) is 4. The smallest absolute Gasteiger partial charge is 0.255 e. The molecule has 1 saturated heterocycles. The highest BCUT2D eigenvalue weighted by atomic mass is 16.5. The van der Waals surface area contributed by atoms with Crippen molar-refractivity contribution in [2.24, 2.45) is 0 Å². The predicted octanol–water partition coefficient (Wildman–Crippen LogP) is 2.43. The molecule has 0 unspecified atom stereocenters. The number of para-hydroxylation sites is 1. The normalized spacial score (nSPS) is 14.7. The molecule has 1 amide bonds. The van der Waals surface area contributed by atoms with Crippen LogP contribution in [-0.4, -0.2) is 37.4 Å². The van der Waals surface area contributed by atoms with E-state index in [9.17, 15) is 9.59 Å². The molecular weight excluding hydrogens is 316 g/mol. The lowest BCUT2D eigenvalue weighted by atomic mass is 10.1. The second kappa shape index (κ2) is 8.44. The van der Waals surface area contributed by atoms with E-state index in [4.69, 9.17) is 4.74 Å². The van der Waals surface area contributed by atoms with Crippen molar-refractivity contribution < 1.29 is 14.3 Å². The second-order valence-corrected chi connectivity index (χ2v) is 6.04. The Bertz CT molecular complexity index is 725. The average Bonchev–Trinajstić information content (AvgIpc) is 2.68. The Labute approximate surface area is 147 Å². The number of benzene rings is 2. The number of carbonyl (C=O) groups is 2. The molecule has 0 saturated carbocycles. The lowest BCUT2D eigenvalue weighted by Gasteiger charge is -2.24. The van der Waals surface area contributed by atoms with Crippen molar-refractivity contribution in [2.45, 2.75) is 18.9 Å². The van der Waals surface area contributed by atoms with Crippen LogP contribution in [0.25, 0.3) is 0 Å². The van der Waals surface area contributed by atoms with Crippen molar-refractivity contribution in [3.8, 4) is 5.75 Å². The minimum Gasteiger partial charge on any atom is -0.489 e. The number of Topliss-reactive ketones (excluding diaryl/α,β-unsaturated/α-hetero) is 1. The maximum atomic E-state index is 12.5. The summed E-state index contributed by atoms with van der Waals surface area (Å²) in [5.74, 6) is 0.151. The van der Waals surface area contributed by atoms with Crippen LogP contribution in [0.3, 0.4) is 0 Å². The van der Waals surface area contributed by atoms with Crippen LogP contribution in [0.15, 0.2) is 54.6 Å². The van der Waals surface area contributed by atoms with E-state index < -0.39 is 0 Å². The number of ketones is 1. The predicted molar refractivity (Wildman–Crippen MR) is 96.1 cm³/mol. The Morgan fingerprint density at radius 3 is 2.44 bits per heavy atom. The highest BCUT2D eigenvalue weighted by Gasteiger charge is 2.19. The quantitative estimate of drug-likeness (QED) is 0.794. The molecule has 0 bridgehead atoms. The molecule has 0 aromatic heterocycles. The topological polar surface area (TPSA) is 67.4 Å². The van der Waals surface area contributed by atoms with Crippen LogP contribution in [0, 0.1) is 0 Å². The van der Waals surface area contributed by atoms with Gasteiger partial charge in [0.2, 0.25) is 0 Å². The molecule has 1 heterocycles. The van der Waals surface area contributed by atoms with Crippen LogP contribution in [0.5, 0.6) is 5.75 Å². The van der Waals surface area contributed by atoms with Gasteiger partial charge in [-0.3, -0.25) is 9.59 Å². The van der Waals surface area contributed by atoms with Crippen LogP contribution in [-0.2, 0) is 0 Å². The molecule has 2 N–H and O–H groups in total. The lowest BCUT2D eigenvalue weighted by Crippen LogP contribution is -2.35. The van der Waals surface area contributed by atoms with Gasteiger partial charge in [0.05, 0.1) is 12.1 Å². The summed E-state index contributed by atoms with van der Waals surface area (Å²) in [4.78, 5) is 24.6. The SMILES string of the molecule is O=C(CNC(=O)c1ccccc1OC1CCNCC1)c1ccccc1. The van der Waals surface area contributed by atoms with Gasteiger partial charge in [-0.25, -0.2) is 0 Å². The fourth-order valence-corrected chi connectivity index (χ4v) is 2.83. The van der Waals surface area contributed by atoms with Gasteiger partial charge in [-0.05, 0) is 38.1 Å². The van der Waals surface area contributed by atoms with Gasteiger partial charge in [-0.2, -0.15) is 0 Å².